The molecule has 0 spiro atoms. The second kappa shape index (κ2) is 4.93. The van der Waals surface area contributed by atoms with Gasteiger partial charge in [-0.05, 0) is 11.7 Å². The molecule has 0 aromatic rings. The van der Waals surface area contributed by atoms with Crippen molar-refractivity contribution >= 4 is 11.8 Å². The first-order valence-corrected chi connectivity index (χ1v) is 4.02. The van der Waals surface area contributed by atoms with E-state index in [0.29, 0.717) is 5.25 Å². The van der Waals surface area contributed by atoms with Crippen molar-refractivity contribution in [2.45, 2.75) is 30.8 Å². The Bertz CT molecular complexity index is 101. The van der Waals surface area contributed by atoms with E-state index in [-0.39, 0.29) is 32.7 Å². The molecule has 0 saturated heterocycles. The van der Waals surface area contributed by atoms with Crippen LogP contribution in [0.4, 0.5) is 0 Å². The van der Waals surface area contributed by atoms with Crippen LogP contribution in [0, 0.1) is 6.08 Å². The molecule has 0 aliphatic carbocycles. The maximum Gasteiger partial charge on any atom is 0 e. The van der Waals surface area contributed by atoms with Crippen molar-refractivity contribution in [3.05, 3.63) is 12.2 Å². The Morgan fingerprint density at radius 2 is 2.33 bits per heavy atom. The Morgan fingerprint density at radius 1 is 1.67 bits per heavy atom. The largest absolute Gasteiger partial charge is 0.486 e. The van der Waals surface area contributed by atoms with Crippen LogP contribution in [0.1, 0.15) is 20.3 Å². The van der Waals surface area contributed by atoms with Crippen LogP contribution in [0.3, 0.4) is 0 Å². The van der Waals surface area contributed by atoms with Gasteiger partial charge >= 0.3 is 0 Å². The molecule has 1 radical (unpaired) electrons. The fraction of sp³-hybridized carbons (Fsp3) is 0.714. The van der Waals surface area contributed by atoms with Gasteiger partial charge in [0.1, 0.15) is 0 Å². The van der Waals surface area contributed by atoms with Gasteiger partial charge in [0.25, 0.3) is 0 Å². The summed E-state index contributed by atoms with van der Waals surface area (Å²) in [4.78, 5) is 0. The van der Waals surface area contributed by atoms with Gasteiger partial charge in [-0.15, -0.1) is 5.25 Å². The van der Waals surface area contributed by atoms with Crippen molar-refractivity contribution in [3.63, 3.8) is 0 Å². The maximum absolute atomic E-state index is 3.26. The van der Waals surface area contributed by atoms with Crippen LogP contribution in [-0.4, -0.2) is 10.5 Å². The third-order valence-electron chi connectivity index (χ3n) is 1.30. The van der Waals surface area contributed by atoms with Crippen LogP contribution >= 0.6 is 11.8 Å². The molecule has 0 nitrogen and oxygen atoms in total. The van der Waals surface area contributed by atoms with Crippen LogP contribution in [0.2, 0.25) is 0 Å². The van der Waals surface area contributed by atoms with Crippen LogP contribution < -0.4 is 0 Å². The third-order valence-corrected chi connectivity index (χ3v) is 2.66. The predicted octanol–water partition coefficient (Wildman–Crippen LogP) is 2.26. The van der Waals surface area contributed by atoms with E-state index in [9.17, 15) is 0 Å². The van der Waals surface area contributed by atoms with E-state index in [1.165, 1.54) is 6.42 Å². The molecule has 1 aliphatic heterocycles. The Morgan fingerprint density at radius 3 is 2.56 bits per heavy atom. The fourth-order valence-electron chi connectivity index (χ4n) is 0.798. The minimum Gasteiger partial charge on any atom is -0.486 e. The van der Waals surface area contributed by atoms with Gasteiger partial charge in [0.15, 0.2) is 0 Å². The zero-order valence-electron chi connectivity index (χ0n) is 5.92. The van der Waals surface area contributed by atoms with Crippen molar-refractivity contribution in [1.29, 1.82) is 0 Å². The molecule has 0 N–H and O–H groups in total. The first-order valence-electron chi connectivity index (χ1n) is 3.07. The van der Waals surface area contributed by atoms with Crippen molar-refractivity contribution in [1.82, 2.24) is 0 Å². The minimum atomic E-state index is 0. The van der Waals surface area contributed by atoms with Gasteiger partial charge < -0.3 is 6.08 Å². The average molecular weight is 216 g/mol. The van der Waals surface area contributed by atoms with Crippen molar-refractivity contribution < 1.29 is 32.7 Å². The molecule has 1 aliphatic rings. The molecule has 0 aromatic heterocycles. The first-order chi connectivity index (χ1) is 3.83. The zero-order valence-corrected chi connectivity index (χ0v) is 9.58. The standard InChI is InChI=1S/C7H11S.Y/c1-3-7-5-4-6(2)8-7;/h5-7H,3H2,1-2H3;/q-1;/t6?,7-;/m1./s1. The van der Waals surface area contributed by atoms with E-state index in [4.69, 9.17) is 0 Å². The Hall–Kier alpha value is 1.19. The fourth-order valence-corrected chi connectivity index (χ4v) is 1.83. The van der Waals surface area contributed by atoms with Gasteiger partial charge in [-0.3, -0.25) is 6.08 Å². The van der Waals surface area contributed by atoms with Gasteiger partial charge in [0.2, 0.25) is 0 Å². The second-order valence-corrected chi connectivity index (χ2v) is 3.64. The van der Waals surface area contributed by atoms with Crippen molar-refractivity contribution in [3.8, 4) is 0 Å². The molecular weight excluding hydrogens is 205 g/mol. The number of hydrogen-bond acceptors (Lipinski definition) is 1. The van der Waals surface area contributed by atoms with Gasteiger partial charge in [0, 0.05) is 32.7 Å². The molecule has 9 heavy (non-hydrogen) atoms. The number of hydrogen-bond donors (Lipinski definition) is 0. The topological polar surface area (TPSA) is 0 Å². The van der Waals surface area contributed by atoms with Crippen LogP contribution in [0.15, 0.2) is 6.08 Å². The SMILES string of the molecule is CC[C@@H]1C=[C-]C(C)S1.[Y]. The van der Waals surface area contributed by atoms with Gasteiger partial charge in [0.05, 0.1) is 0 Å². The van der Waals surface area contributed by atoms with Crippen LogP contribution in [0.25, 0.3) is 0 Å². The predicted molar refractivity (Wildman–Crippen MR) is 38.9 cm³/mol. The second-order valence-electron chi connectivity index (χ2n) is 2.06. The number of rotatable bonds is 1. The zero-order chi connectivity index (χ0) is 5.98. The summed E-state index contributed by atoms with van der Waals surface area (Å²) in [7, 11) is 0. The molecule has 49 valence electrons. The third kappa shape index (κ3) is 3.20. The normalized spacial score (nSPS) is 32.2. The van der Waals surface area contributed by atoms with Crippen LogP contribution in [-0.2, 0) is 32.7 Å². The van der Waals surface area contributed by atoms with Crippen molar-refractivity contribution in [2.75, 3.05) is 0 Å². The summed E-state index contributed by atoms with van der Waals surface area (Å²) in [6.07, 6.45) is 6.70. The Labute approximate surface area is 86.7 Å². The van der Waals surface area contributed by atoms with Crippen LogP contribution in [0.5, 0.6) is 0 Å². The molecule has 2 atom stereocenters. The van der Waals surface area contributed by atoms with E-state index in [1.807, 2.05) is 11.8 Å². The molecule has 0 aromatic carbocycles. The first kappa shape index (κ1) is 10.2. The molecule has 1 heterocycles. The average Bonchev–Trinajstić information content (AvgIpc) is 2.14. The smallest absolute Gasteiger partial charge is 0 e. The van der Waals surface area contributed by atoms with E-state index >= 15 is 0 Å². The van der Waals surface area contributed by atoms with E-state index in [1.54, 1.807) is 0 Å². The summed E-state index contributed by atoms with van der Waals surface area (Å²) in [6, 6.07) is 0. The molecule has 0 fully saturated rings. The molecular formula is C7H11SY-. The van der Waals surface area contributed by atoms with Gasteiger partial charge in [-0.1, -0.05) is 13.8 Å². The van der Waals surface area contributed by atoms with Crippen molar-refractivity contribution in [2.24, 2.45) is 0 Å². The van der Waals surface area contributed by atoms with E-state index in [2.05, 4.69) is 26.0 Å². The summed E-state index contributed by atoms with van der Waals surface area (Å²) in [5.41, 5.74) is 0. The molecule has 0 amide bonds. The number of thioether (sulfide) groups is 1. The summed E-state index contributed by atoms with van der Waals surface area (Å²) >= 11 is 2.00. The summed E-state index contributed by atoms with van der Waals surface area (Å²) in [5.74, 6) is 0. The van der Waals surface area contributed by atoms with Gasteiger partial charge in [-0.2, -0.15) is 11.8 Å². The summed E-state index contributed by atoms with van der Waals surface area (Å²) < 4.78 is 0. The van der Waals surface area contributed by atoms with E-state index < -0.39 is 0 Å². The maximum atomic E-state index is 3.26. The van der Waals surface area contributed by atoms with E-state index in [0.717, 1.165) is 5.25 Å². The summed E-state index contributed by atoms with van der Waals surface area (Å²) in [6.45, 7) is 4.41. The molecule has 1 unspecified atom stereocenters. The Balaban J connectivity index is 0.000000640. The molecule has 1 rings (SSSR count). The minimum absolute atomic E-state index is 0. The Kier molecular flexibility index (Phi) is 5.58. The molecule has 2 heteroatoms. The molecule has 0 saturated carbocycles. The quantitative estimate of drug-likeness (QED) is 0.606. The summed E-state index contributed by atoms with van der Waals surface area (Å²) in [5, 5.41) is 1.39. The monoisotopic (exact) mass is 216 g/mol. The van der Waals surface area contributed by atoms with Gasteiger partial charge in [-0.25, -0.2) is 0 Å². The molecule has 0 bridgehead atoms.